The second-order valence-electron chi connectivity index (χ2n) is 12.0. The van der Waals surface area contributed by atoms with Crippen molar-refractivity contribution in [3.63, 3.8) is 0 Å². The number of nitrogens with one attached hydrogen (secondary N) is 1. The Morgan fingerprint density at radius 2 is 2.00 bits per heavy atom. The molecule has 0 unspecified atom stereocenters. The number of anilines is 1. The minimum absolute atomic E-state index is 0.0211. The predicted octanol–water partition coefficient (Wildman–Crippen LogP) is 3.45. The Balaban J connectivity index is 1.23. The molecule has 1 N–H and O–H groups in total. The number of hydrogen-bond acceptors (Lipinski definition) is 6. The Bertz CT molecular complexity index is 1080. The van der Waals surface area contributed by atoms with Crippen LogP contribution in [0.4, 0.5) is 14.9 Å². The summed E-state index contributed by atoms with van der Waals surface area (Å²) in [7, 11) is 0. The second kappa shape index (κ2) is 10.1. The number of hydrogen-bond donors (Lipinski definition) is 1. The number of rotatable bonds is 5. The molecular formula is C28H38FN5O3. The summed E-state index contributed by atoms with van der Waals surface area (Å²) >= 11 is 0. The van der Waals surface area contributed by atoms with Crippen LogP contribution in [0.3, 0.4) is 0 Å². The van der Waals surface area contributed by atoms with Crippen molar-refractivity contribution in [2.75, 3.05) is 31.1 Å². The van der Waals surface area contributed by atoms with E-state index in [1.807, 2.05) is 6.07 Å². The van der Waals surface area contributed by atoms with Crippen LogP contribution in [0.15, 0.2) is 18.2 Å². The molecule has 37 heavy (non-hydrogen) atoms. The van der Waals surface area contributed by atoms with Gasteiger partial charge in [-0.15, -0.1) is 0 Å². The molecule has 9 heteroatoms. The van der Waals surface area contributed by atoms with Crippen LogP contribution >= 0.6 is 0 Å². The molecule has 1 saturated carbocycles. The van der Waals surface area contributed by atoms with Gasteiger partial charge in [-0.1, -0.05) is 6.07 Å². The summed E-state index contributed by atoms with van der Waals surface area (Å²) in [5.41, 5.74) is 0.594. The smallest absolute Gasteiger partial charge is 0.411 e. The van der Waals surface area contributed by atoms with Crippen molar-refractivity contribution in [1.29, 1.82) is 5.26 Å². The number of amides is 2. The standard InChI is InChI=1S/C28H38FN5O3/c1-28(2,3)37-27(36)34-22-9-7-19(14-22)25(34)26(35)31-20(16-30)13-18-6-8-21(15-24(18)29)33-12-11-32-10-4-5-23(32)17-33/h6,8,15,19-20,22-23,25H,4-5,7,9-14,17H2,1-3H3,(H,31,35)/t19-,20-,22+,23-,25-/m0/s1. The molecule has 0 radical (unpaired) electrons. The molecule has 4 aliphatic rings. The van der Waals surface area contributed by atoms with E-state index in [0.717, 1.165) is 51.1 Å². The largest absolute Gasteiger partial charge is 0.444 e. The van der Waals surface area contributed by atoms with Crippen molar-refractivity contribution in [3.05, 3.63) is 29.6 Å². The third kappa shape index (κ3) is 5.40. The number of carbonyl (C=O) groups excluding carboxylic acids is 2. The number of benzene rings is 1. The summed E-state index contributed by atoms with van der Waals surface area (Å²) < 4.78 is 20.7. The minimum atomic E-state index is -0.894. The predicted molar refractivity (Wildman–Crippen MR) is 137 cm³/mol. The molecule has 2 amide bonds. The number of nitriles is 1. The van der Waals surface area contributed by atoms with Crippen LogP contribution in [0.1, 0.15) is 58.4 Å². The van der Waals surface area contributed by atoms with Crippen LogP contribution in [0, 0.1) is 23.1 Å². The molecular weight excluding hydrogens is 473 g/mol. The van der Waals surface area contributed by atoms with E-state index in [0.29, 0.717) is 11.6 Å². The fourth-order valence-electron chi connectivity index (χ4n) is 6.63. The molecule has 3 heterocycles. The molecule has 200 valence electrons. The van der Waals surface area contributed by atoms with E-state index in [2.05, 4.69) is 21.2 Å². The molecule has 1 aliphatic carbocycles. The average Bonchev–Trinajstić information content (AvgIpc) is 3.59. The third-order valence-electron chi connectivity index (χ3n) is 8.34. The van der Waals surface area contributed by atoms with Crippen molar-refractivity contribution < 1.29 is 18.7 Å². The van der Waals surface area contributed by atoms with Crippen molar-refractivity contribution in [2.24, 2.45) is 5.92 Å². The third-order valence-corrected chi connectivity index (χ3v) is 8.34. The van der Waals surface area contributed by atoms with Gasteiger partial charge in [0.05, 0.1) is 6.07 Å². The fourth-order valence-corrected chi connectivity index (χ4v) is 6.63. The Kier molecular flexibility index (Phi) is 7.06. The van der Waals surface area contributed by atoms with E-state index >= 15 is 4.39 Å². The zero-order chi connectivity index (χ0) is 26.3. The van der Waals surface area contributed by atoms with E-state index in [1.54, 1.807) is 37.8 Å². The number of nitrogens with zero attached hydrogens (tertiary/aromatic N) is 4. The van der Waals surface area contributed by atoms with Crippen LogP contribution in [-0.4, -0.2) is 77.7 Å². The van der Waals surface area contributed by atoms with Gasteiger partial charge < -0.3 is 15.0 Å². The topological polar surface area (TPSA) is 88.9 Å². The maximum absolute atomic E-state index is 15.1. The zero-order valence-corrected chi connectivity index (χ0v) is 22.1. The molecule has 2 bridgehead atoms. The maximum atomic E-state index is 15.1. The van der Waals surface area contributed by atoms with E-state index in [4.69, 9.17) is 4.74 Å². The highest BCUT2D eigenvalue weighted by atomic mass is 19.1. The molecule has 5 rings (SSSR count). The van der Waals surface area contributed by atoms with E-state index in [-0.39, 0.29) is 30.1 Å². The van der Waals surface area contributed by atoms with Crippen molar-refractivity contribution in [2.45, 2.75) is 89.1 Å². The average molecular weight is 512 g/mol. The molecule has 1 aromatic carbocycles. The van der Waals surface area contributed by atoms with Gasteiger partial charge in [0.1, 0.15) is 23.5 Å². The number of carbonyl (C=O) groups is 2. The molecule has 3 saturated heterocycles. The molecule has 5 atom stereocenters. The van der Waals surface area contributed by atoms with E-state index in [9.17, 15) is 14.9 Å². The lowest BCUT2D eigenvalue weighted by atomic mass is 9.97. The van der Waals surface area contributed by atoms with Crippen LogP contribution in [0.5, 0.6) is 0 Å². The van der Waals surface area contributed by atoms with Gasteiger partial charge in [0, 0.05) is 43.8 Å². The summed E-state index contributed by atoms with van der Waals surface area (Å²) in [6.07, 6.45) is 4.47. The van der Waals surface area contributed by atoms with E-state index in [1.165, 1.54) is 12.8 Å². The Hall–Kier alpha value is -2.86. The molecule has 3 aliphatic heterocycles. The number of ether oxygens (including phenoxy) is 1. The maximum Gasteiger partial charge on any atom is 0.411 e. The molecule has 4 fully saturated rings. The Labute approximate surface area is 218 Å². The lowest BCUT2D eigenvalue weighted by molar-refractivity contribution is -0.128. The first-order chi connectivity index (χ1) is 17.6. The van der Waals surface area contributed by atoms with Crippen LogP contribution in [0.2, 0.25) is 0 Å². The number of likely N-dealkylation sites (tertiary alicyclic amines) is 1. The van der Waals surface area contributed by atoms with Gasteiger partial charge in [-0.05, 0) is 83.0 Å². The fraction of sp³-hybridized carbons (Fsp3) is 0.679. The quantitative estimate of drug-likeness (QED) is 0.652. The first-order valence-electron chi connectivity index (χ1n) is 13.6. The van der Waals surface area contributed by atoms with Crippen LogP contribution in [-0.2, 0) is 16.0 Å². The highest BCUT2D eigenvalue weighted by Gasteiger charge is 2.52. The van der Waals surface area contributed by atoms with Gasteiger partial charge in [-0.3, -0.25) is 14.6 Å². The number of piperazine rings is 1. The summed E-state index contributed by atoms with van der Waals surface area (Å²) in [6, 6.07) is 6.28. The van der Waals surface area contributed by atoms with Gasteiger partial charge in [-0.25, -0.2) is 9.18 Å². The lowest BCUT2D eigenvalue weighted by Crippen LogP contribution is -2.55. The summed E-state index contributed by atoms with van der Waals surface area (Å²) in [5.74, 6) is -0.680. The highest BCUT2D eigenvalue weighted by Crippen LogP contribution is 2.43. The molecule has 8 nitrogen and oxygen atoms in total. The van der Waals surface area contributed by atoms with Crippen LogP contribution < -0.4 is 10.2 Å². The highest BCUT2D eigenvalue weighted by molar-refractivity contribution is 5.87. The number of fused-ring (bicyclic) bond motifs is 3. The first kappa shape index (κ1) is 25.8. The normalized spacial score (nSPS) is 28.1. The first-order valence-corrected chi connectivity index (χ1v) is 13.6. The van der Waals surface area contributed by atoms with Gasteiger partial charge in [0.25, 0.3) is 0 Å². The van der Waals surface area contributed by atoms with Crippen molar-refractivity contribution >= 4 is 17.7 Å². The minimum Gasteiger partial charge on any atom is -0.444 e. The number of piperidine rings is 1. The van der Waals surface area contributed by atoms with Crippen LogP contribution in [0.25, 0.3) is 0 Å². The summed E-state index contributed by atoms with van der Waals surface area (Å²) in [4.78, 5) is 32.5. The van der Waals surface area contributed by atoms with Gasteiger partial charge in [0.15, 0.2) is 0 Å². The van der Waals surface area contributed by atoms with Gasteiger partial charge in [0.2, 0.25) is 5.91 Å². The van der Waals surface area contributed by atoms with Crippen molar-refractivity contribution in [3.8, 4) is 6.07 Å². The number of halogens is 1. The molecule has 0 spiro atoms. The SMILES string of the molecule is CC(C)(C)OC(=O)N1[C@@H]2CC[C@@H](C2)[C@H]1C(=O)N[C@H](C#N)Cc1ccc(N2CCN3CCC[C@H]3C2)cc1F. The van der Waals surface area contributed by atoms with Crippen molar-refractivity contribution in [1.82, 2.24) is 15.1 Å². The lowest BCUT2D eigenvalue weighted by Gasteiger charge is -2.39. The summed E-state index contributed by atoms with van der Waals surface area (Å²) in [6.45, 7) is 9.35. The molecule has 1 aromatic rings. The molecule has 0 aromatic heterocycles. The Morgan fingerprint density at radius 1 is 1.19 bits per heavy atom. The van der Waals surface area contributed by atoms with Gasteiger partial charge in [-0.2, -0.15) is 5.26 Å². The second-order valence-corrected chi connectivity index (χ2v) is 12.0. The Morgan fingerprint density at radius 3 is 2.73 bits per heavy atom. The van der Waals surface area contributed by atoms with Gasteiger partial charge >= 0.3 is 6.09 Å². The monoisotopic (exact) mass is 511 g/mol. The summed E-state index contributed by atoms with van der Waals surface area (Å²) in [5, 5.41) is 12.6. The zero-order valence-electron chi connectivity index (χ0n) is 22.1. The van der Waals surface area contributed by atoms with E-state index < -0.39 is 23.8 Å².